The normalized spacial score (nSPS) is 8.13. The van der Waals surface area contributed by atoms with E-state index in [1.165, 1.54) is 0 Å². The van der Waals surface area contributed by atoms with Gasteiger partial charge in [-0.1, -0.05) is 35.3 Å². The monoisotopic (exact) mass is 262 g/mol. The van der Waals surface area contributed by atoms with Crippen LogP contribution in [0.4, 0.5) is 0 Å². The summed E-state index contributed by atoms with van der Waals surface area (Å²) in [6, 6.07) is 10.8. The summed E-state index contributed by atoms with van der Waals surface area (Å²) in [7, 11) is 0. The summed E-state index contributed by atoms with van der Waals surface area (Å²) in [5.41, 5.74) is 0. The molecule has 5 heteroatoms. The van der Waals surface area contributed by atoms with Gasteiger partial charge in [0.05, 0.1) is 0 Å². The zero-order valence-corrected chi connectivity index (χ0v) is 10.0. The number of halogens is 3. The number of hydrogen-bond donors (Lipinski definition) is 0. The Morgan fingerprint density at radius 3 is 1.53 bits per heavy atom. The molecule has 0 aliphatic heterocycles. The van der Waals surface area contributed by atoms with Crippen LogP contribution >= 0.6 is 35.6 Å². The molecule has 0 amide bonds. The zero-order valence-electron chi connectivity index (χ0n) is 7.68. The molecule has 0 unspecified atom stereocenters. The molecule has 2 aromatic rings. The Morgan fingerprint density at radius 1 is 0.800 bits per heavy atom. The van der Waals surface area contributed by atoms with Crippen LogP contribution in [0.15, 0.2) is 48.8 Å². The van der Waals surface area contributed by atoms with Crippen LogP contribution in [0.1, 0.15) is 0 Å². The Morgan fingerprint density at radius 2 is 1.33 bits per heavy atom. The summed E-state index contributed by atoms with van der Waals surface area (Å²) in [6.45, 7) is 0. The highest BCUT2D eigenvalue weighted by Gasteiger charge is 1.86. The van der Waals surface area contributed by atoms with E-state index in [-0.39, 0.29) is 12.4 Å². The molecule has 2 aromatic heterocycles. The van der Waals surface area contributed by atoms with Gasteiger partial charge in [-0.25, -0.2) is 4.98 Å². The van der Waals surface area contributed by atoms with Crippen LogP contribution in [0.3, 0.4) is 0 Å². The fraction of sp³-hybridized carbons (Fsp3) is 0. The minimum Gasteiger partial charge on any atom is -0.265 e. The first kappa shape index (κ1) is 14.2. The van der Waals surface area contributed by atoms with Gasteiger partial charge in [0.1, 0.15) is 10.3 Å². The lowest BCUT2D eigenvalue weighted by Gasteiger charge is -1.85. The molecule has 0 fully saturated rings. The first-order valence-corrected chi connectivity index (χ1v) is 4.67. The van der Waals surface area contributed by atoms with Gasteiger partial charge in [0.2, 0.25) is 0 Å². The number of nitrogens with zero attached hydrogens (tertiary/aromatic N) is 2. The number of aromatic nitrogens is 2. The Hall–Kier alpha value is -0.830. The molecular formula is C10H9Cl3N2. The topological polar surface area (TPSA) is 25.8 Å². The summed E-state index contributed by atoms with van der Waals surface area (Å²) in [6.07, 6.45) is 3.50. The van der Waals surface area contributed by atoms with E-state index < -0.39 is 0 Å². The van der Waals surface area contributed by atoms with Crippen molar-refractivity contribution in [3.8, 4) is 0 Å². The first-order valence-electron chi connectivity index (χ1n) is 3.92. The Bertz CT molecular complexity index is 324. The summed E-state index contributed by atoms with van der Waals surface area (Å²) >= 11 is 10.9. The summed E-state index contributed by atoms with van der Waals surface area (Å²) in [5, 5.41) is 0.856. The molecule has 2 heterocycles. The third kappa shape index (κ3) is 7.14. The van der Waals surface area contributed by atoms with E-state index >= 15 is 0 Å². The van der Waals surface area contributed by atoms with Crippen LogP contribution < -0.4 is 0 Å². The fourth-order valence-corrected chi connectivity index (χ4v) is 1.07. The van der Waals surface area contributed by atoms with Crippen molar-refractivity contribution < 1.29 is 0 Å². The quantitative estimate of drug-likeness (QED) is 0.674. The van der Waals surface area contributed by atoms with Gasteiger partial charge in [-0.15, -0.1) is 12.4 Å². The van der Waals surface area contributed by atoms with Crippen molar-refractivity contribution in [3.05, 3.63) is 59.1 Å². The molecule has 0 aliphatic rings. The van der Waals surface area contributed by atoms with E-state index in [2.05, 4.69) is 9.97 Å². The molecule has 0 saturated carbocycles. The molecule has 0 bridgehead atoms. The highest BCUT2D eigenvalue weighted by molar-refractivity contribution is 6.32. The van der Waals surface area contributed by atoms with Crippen LogP contribution in [-0.4, -0.2) is 9.97 Å². The smallest absolute Gasteiger partial charge is 0.130 e. The Kier molecular flexibility index (Phi) is 8.01. The van der Waals surface area contributed by atoms with E-state index in [1.54, 1.807) is 30.6 Å². The Balaban J connectivity index is 0.000000253. The molecule has 15 heavy (non-hydrogen) atoms. The highest BCUT2D eigenvalue weighted by atomic mass is 35.5. The lowest BCUT2D eigenvalue weighted by molar-refractivity contribution is 1.33. The van der Waals surface area contributed by atoms with E-state index in [1.807, 2.05) is 18.2 Å². The van der Waals surface area contributed by atoms with E-state index in [0.717, 1.165) is 0 Å². The van der Waals surface area contributed by atoms with Gasteiger partial charge in [0.25, 0.3) is 0 Å². The minimum absolute atomic E-state index is 0. The van der Waals surface area contributed by atoms with Crippen molar-refractivity contribution >= 4 is 35.6 Å². The van der Waals surface area contributed by atoms with Crippen molar-refractivity contribution in [2.45, 2.75) is 0 Å². The second kappa shape index (κ2) is 8.48. The third-order valence-electron chi connectivity index (χ3n) is 1.25. The van der Waals surface area contributed by atoms with Gasteiger partial charge >= 0.3 is 0 Å². The van der Waals surface area contributed by atoms with Gasteiger partial charge in [0.15, 0.2) is 0 Å². The largest absolute Gasteiger partial charge is 0.265 e. The van der Waals surface area contributed by atoms with Crippen LogP contribution in [-0.2, 0) is 0 Å². The standard InChI is InChI=1S/C5H3Cl2N.C5H5N.ClH/c6-4-2-1-3-5(7)8-4;1-2-4-6-5-3-1;/h1-3H;1-5H;1H. The lowest BCUT2D eigenvalue weighted by Crippen LogP contribution is -1.71. The first-order chi connectivity index (χ1) is 6.79. The van der Waals surface area contributed by atoms with Gasteiger partial charge < -0.3 is 0 Å². The predicted molar refractivity (Wildman–Crippen MR) is 65.7 cm³/mol. The van der Waals surface area contributed by atoms with Crippen molar-refractivity contribution in [3.63, 3.8) is 0 Å². The van der Waals surface area contributed by atoms with Gasteiger partial charge in [-0.3, -0.25) is 4.98 Å². The number of rotatable bonds is 0. The van der Waals surface area contributed by atoms with Crippen LogP contribution in [0, 0.1) is 0 Å². The predicted octanol–water partition coefficient (Wildman–Crippen LogP) is 3.89. The van der Waals surface area contributed by atoms with Crippen LogP contribution in [0.2, 0.25) is 10.3 Å². The van der Waals surface area contributed by atoms with Crippen LogP contribution in [0.25, 0.3) is 0 Å². The van der Waals surface area contributed by atoms with E-state index in [0.29, 0.717) is 10.3 Å². The highest BCUT2D eigenvalue weighted by Crippen LogP contribution is 2.08. The Labute approximate surface area is 105 Å². The summed E-state index contributed by atoms with van der Waals surface area (Å²) < 4.78 is 0. The zero-order chi connectivity index (χ0) is 10.2. The number of pyridine rings is 2. The maximum absolute atomic E-state index is 5.45. The van der Waals surface area contributed by atoms with Crippen molar-refractivity contribution in [1.82, 2.24) is 9.97 Å². The molecule has 0 atom stereocenters. The molecule has 0 radical (unpaired) electrons. The molecular weight excluding hydrogens is 254 g/mol. The fourth-order valence-electron chi connectivity index (χ4n) is 0.696. The molecule has 0 aliphatic carbocycles. The molecule has 0 aromatic carbocycles. The average Bonchev–Trinajstić information content (AvgIpc) is 2.21. The van der Waals surface area contributed by atoms with Gasteiger partial charge in [-0.05, 0) is 24.3 Å². The molecule has 0 saturated heterocycles. The molecule has 80 valence electrons. The maximum Gasteiger partial charge on any atom is 0.130 e. The van der Waals surface area contributed by atoms with Gasteiger partial charge in [0, 0.05) is 12.4 Å². The second-order valence-electron chi connectivity index (χ2n) is 2.31. The molecule has 0 N–H and O–H groups in total. The van der Waals surface area contributed by atoms with Crippen molar-refractivity contribution in [2.24, 2.45) is 0 Å². The molecule has 2 nitrogen and oxygen atoms in total. The van der Waals surface area contributed by atoms with Crippen molar-refractivity contribution in [2.75, 3.05) is 0 Å². The van der Waals surface area contributed by atoms with Crippen molar-refractivity contribution in [1.29, 1.82) is 0 Å². The lowest BCUT2D eigenvalue weighted by atomic mass is 10.5. The molecule has 0 spiro atoms. The van der Waals surface area contributed by atoms with E-state index in [9.17, 15) is 0 Å². The summed E-state index contributed by atoms with van der Waals surface area (Å²) in [5.74, 6) is 0. The minimum atomic E-state index is 0. The number of hydrogen-bond acceptors (Lipinski definition) is 2. The van der Waals surface area contributed by atoms with Gasteiger partial charge in [-0.2, -0.15) is 0 Å². The SMILES string of the molecule is Cl.Clc1cccc(Cl)n1.c1ccncc1. The van der Waals surface area contributed by atoms with Crippen LogP contribution in [0.5, 0.6) is 0 Å². The summed E-state index contributed by atoms with van der Waals surface area (Å²) in [4.78, 5) is 7.49. The average molecular weight is 264 g/mol. The maximum atomic E-state index is 5.45. The second-order valence-corrected chi connectivity index (χ2v) is 3.08. The molecule has 2 rings (SSSR count). The van der Waals surface area contributed by atoms with E-state index in [4.69, 9.17) is 23.2 Å². The third-order valence-corrected chi connectivity index (χ3v) is 1.67.